The molecule has 0 saturated carbocycles. The molecule has 5 nitrogen and oxygen atoms in total. The van der Waals surface area contributed by atoms with Crippen LogP contribution in [0.5, 0.6) is 0 Å². The molecule has 2 heterocycles. The minimum atomic E-state index is -0.277. The van der Waals surface area contributed by atoms with Gasteiger partial charge in [0.15, 0.2) is 0 Å². The van der Waals surface area contributed by atoms with Crippen molar-refractivity contribution in [3.8, 4) is 11.1 Å². The molecule has 0 fully saturated rings. The molecule has 1 aromatic carbocycles. The lowest BCUT2D eigenvalue weighted by atomic mass is 10.0. The van der Waals surface area contributed by atoms with Gasteiger partial charge in [-0.05, 0) is 36.6 Å². The maximum atomic E-state index is 13.4. The van der Waals surface area contributed by atoms with Gasteiger partial charge in [-0.3, -0.25) is 14.2 Å². The fourth-order valence-corrected chi connectivity index (χ4v) is 4.27. The van der Waals surface area contributed by atoms with Gasteiger partial charge >= 0.3 is 5.97 Å². The molecular weight excluding hydrogens is 396 g/mol. The first kappa shape index (κ1) is 20.6. The van der Waals surface area contributed by atoms with Crippen LogP contribution in [0.1, 0.15) is 44.0 Å². The van der Waals surface area contributed by atoms with E-state index >= 15 is 0 Å². The summed E-state index contributed by atoms with van der Waals surface area (Å²) in [5.74, 6) is 0.558. The average Bonchev–Trinajstić information content (AvgIpc) is 3.09. The van der Waals surface area contributed by atoms with Gasteiger partial charge in [-0.25, -0.2) is 4.98 Å². The SMILES string of the molecule is COC(=O)CCCn1c(C(C)C)nc2scc(-c3ccc(Cl)c(C)c3)c2c1=O. The van der Waals surface area contributed by atoms with E-state index in [2.05, 4.69) is 0 Å². The molecule has 0 aliphatic rings. The molecule has 0 N–H and O–H groups in total. The van der Waals surface area contributed by atoms with Crippen LogP contribution in [0.2, 0.25) is 5.02 Å². The Morgan fingerprint density at radius 2 is 2.11 bits per heavy atom. The Morgan fingerprint density at radius 1 is 1.36 bits per heavy atom. The minimum absolute atomic E-state index is 0.0672. The highest BCUT2D eigenvalue weighted by atomic mass is 35.5. The van der Waals surface area contributed by atoms with Crippen molar-refractivity contribution in [3.05, 3.63) is 50.3 Å². The number of carbonyl (C=O) groups is 1. The van der Waals surface area contributed by atoms with Crippen LogP contribution in [0.15, 0.2) is 28.4 Å². The zero-order chi connectivity index (χ0) is 20.4. The molecule has 0 atom stereocenters. The summed E-state index contributed by atoms with van der Waals surface area (Å²) in [4.78, 5) is 30.3. The highest BCUT2D eigenvalue weighted by Crippen LogP contribution is 2.33. The molecule has 3 rings (SSSR count). The second-order valence-corrected chi connectivity index (χ2v) is 8.32. The van der Waals surface area contributed by atoms with Gasteiger partial charge in [0.25, 0.3) is 5.56 Å². The number of nitrogens with zero attached hydrogens (tertiary/aromatic N) is 2. The Morgan fingerprint density at radius 3 is 2.75 bits per heavy atom. The van der Waals surface area contributed by atoms with Crippen molar-refractivity contribution in [1.82, 2.24) is 9.55 Å². The van der Waals surface area contributed by atoms with Gasteiger partial charge in [-0.15, -0.1) is 11.3 Å². The van der Waals surface area contributed by atoms with Crippen molar-refractivity contribution >= 4 is 39.1 Å². The second-order valence-electron chi connectivity index (χ2n) is 7.05. The van der Waals surface area contributed by atoms with Gasteiger partial charge in [0, 0.05) is 34.8 Å². The molecule has 0 spiro atoms. The zero-order valence-corrected chi connectivity index (χ0v) is 18.0. The number of esters is 1. The number of halogens is 1. The van der Waals surface area contributed by atoms with Gasteiger partial charge in [0.1, 0.15) is 10.7 Å². The van der Waals surface area contributed by atoms with Crippen molar-refractivity contribution < 1.29 is 9.53 Å². The van der Waals surface area contributed by atoms with Gasteiger partial charge < -0.3 is 4.74 Å². The van der Waals surface area contributed by atoms with Gasteiger partial charge in [-0.1, -0.05) is 31.5 Å². The number of fused-ring (bicyclic) bond motifs is 1. The Hall–Kier alpha value is -2.18. The van der Waals surface area contributed by atoms with Crippen LogP contribution in [-0.2, 0) is 16.1 Å². The van der Waals surface area contributed by atoms with Crippen LogP contribution in [0.25, 0.3) is 21.3 Å². The highest BCUT2D eigenvalue weighted by Gasteiger charge is 2.19. The van der Waals surface area contributed by atoms with Crippen LogP contribution in [0.3, 0.4) is 0 Å². The lowest BCUT2D eigenvalue weighted by Gasteiger charge is -2.15. The molecule has 3 aromatic rings. The number of methoxy groups -OCH3 is 1. The number of thiophene rings is 1. The Bertz CT molecular complexity index is 1090. The third kappa shape index (κ3) is 3.98. The summed E-state index contributed by atoms with van der Waals surface area (Å²) in [6, 6.07) is 5.76. The van der Waals surface area contributed by atoms with E-state index in [0.717, 1.165) is 27.3 Å². The van der Waals surface area contributed by atoms with Crippen LogP contribution in [-0.4, -0.2) is 22.6 Å². The van der Waals surface area contributed by atoms with E-state index in [4.69, 9.17) is 21.3 Å². The summed E-state index contributed by atoms with van der Waals surface area (Å²) in [5.41, 5.74) is 2.71. The minimum Gasteiger partial charge on any atom is -0.469 e. The second kappa shape index (κ2) is 8.45. The first-order valence-electron chi connectivity index (χ1n) is 9.18. The quantitative estimate of drug-likeness (QED) is 0.518. The Balaban J connectivity index is 2.12. The number of carbonyl (C=O) groups excluding carboxylic acids is 1. The predicted octanol–water partition coefficient (Wildman–Crippen LogP) is 5.16. The fourth-order valence-electron chi connectivity index (χ4n) is 3.21. The molecule has 148 valence electrons. The van der Waals surface area contributed by atoms with Gasteiger partial charge in [0.05, 0.1) is 12.5 Å². The molecule has 0 amide bonds. The van der Waals surface area contributed by atoms with E-state index in [0.29, 0.717) is 23.4 Å². The lowest BCUT2D eigenvalue weighted by Crippen LogP contribution is -2.26. The molecule has 0 aliphatic carbocycles. The van der Waals surface area contributed by atoms with E-state index in [-0.39, 0.29) is 23.9 Å². The first-order valence-corrected chi connectivity index (χ1v) is 10.4. The summed E-state index contributed by atoms with van der Waals surface area (Å²) >= 11 is 7.63. The van der Waals surface area contributed by atoms with E-state index in [1.54, 1.807) is 4.57 Å². The molecule has 2 aromatic heterocycles. The molecule has 0 bridgehead atoms. The third-order valence-corrected chi connectivity index (χ3v) is 6.00. The Kier molecular flexibility index (Phi) is 6.20. The molecule has 0 unspecified atom stereocenters. The highest BCUT2D eigenvalue weighted by molar-refractivity contribution is 7.17. The number of hydrogen-bond donors (Lipinski definition) is 0. The third-order valence-electron chi connectivity index (χ3n) is 4.70. The lowest BCUT2D eigenvalue weighted by molar-refractivity contribution is -0.140. The Labute approximate surface area is 172 Å². The fraction of sp³-hybridized carbons (Fsp3) is 0.381. The molecule has 7 heteroatoms. The normalized spacial score (nSPS) is 11.4. The van der Waals surface area contributed by atoms with E-state index in [1.807, 2.05) is 44.4 Å². The topological polar surface area (TPSA) is 61.2 Å². The molecule has 0 radical (unpaired) electrons. The monoisotopic (exact) mass is 418 g/mol. The summed E-state index contributed by atoms with van der Waals surface area (Å²) < 4.78 is 6.40. The predicted molar refractivity (Wildman–Crippen MR) is 114 cm³/mol. The largest absolute Gasteiger partial charge is 0.469 e. The maximum absolute atomic E-state index is 13.4. The number of ether oxygens (including phenoxy) is 1. The van der Waals surface area contributed by atoms with E-state index < -0.39 is 0 Å². The van der Waals surface area contributed by atoms with Crippen LogP contribution >= 0.6 is 22.9 Å². The van der Waals surface area contributed by atoms with Gasteiger partial charge in [-0.2, -0.15) is 0 Å². The zero-order valence-electron chi connectivity index (χ0n) is 16.4. The summed E-state index contributed by atoms with van der Waals surface area (Å²) in [6.45, 7) is 6.41. The van der Waals surface area contributed by atoms with Crippen molar-refractivity contribution in [2.45, 2.75) is 46.1 Å². The van der Waals surface area contributed by atoms with Gasteiger partial charge in [0.2, 0.25) is 0 Å². The smallest absolute Gasteiger partial charge is 0.305 e. The molecule has 28 heavy (non-hydrogen) atoms. The molecule has 0 saturated heterocycles. The molecule has 0 aliphatic heterocycles. The van der Waals surface area contributed by atoms with Crippen molar-refractivity contribution in [2.24, 2.45) is 0 Å². The summed E-state index contributed by atoms with van der Waals surface area (Å²) in [6.07, 6.45) is 0.796. The van der Waals surface area contributed by atoms with Crippen molar-refractivity contribution in [1.29, 1.82) is 0 Å². The van der Waals surface area contributed by atoms with E-state index in [9.17, 15) is 9.59 Å². The van der Waals surface area contributed by atoms with Crippen molar-refractivity contribution in [2.75, 3.05) is 7.11 Å². The first-order chi connectivity index (χ1) is 13.3. The number of aryl methyl sites for hydroxylation is 1. The van der Waals surface area contributed by atoms with Crippen LogP contribution < -0.4 is 5.56 Å². The number of aromatic nitrogens is 2. The summed E-state index contributed by atoms with van der Waals surface area (Å²) in [7, 11) is 1.37. The van der Waals surface area contributed by atoms with Crippen LogP contribution in [0, 0.1) is 6.92 Å². The van der Waals surface area contributed by atoms with Crippen LogP contribution in [0.4, 0.5) is 0 Å². The average molecular weight is 419 g/mol. The number of benzene rings is 1. The van der Waals surface area contributed by atoms with Crippen molar-refractivity contribution in [3.63, 3.8) is 0 Å². The maximum Gasteiger partial charge on any atom is 0.305 e. The van der Waals surface area contributed by atoms with E-state index in [1.165, 1.54) is 18.4 Å². The number of hydrogen-bond acceptors (Lipinski definition) is 5. The standard InChI is InChI=1S/C21H23ClN2O3S/c1-12(2)19-23-20-18(21(26)24(19)9-5-6-17(25)27-4)15(11-28-20)14-7-8-16(22)13(3)10-14/h7-8,10-12H,5-6,9H2,1-4H3. The number of rotatable bonds is 6. The summed E-state index contributed by atoms with van der Waals surface area (Å²) in [5, 5.41) is 3.29. The molecular formula is C21H23ClN2O3S.